The van der Waals surface area contributed by atoms with Crippen molar-refractivity contribution in [3.05, 3.63) is 54.7 Å². The number of amides is 3. The maximum absolute atomic E-state index is 13.0. The smallest absolute Gasteiger partial charge is 0.325 e. The van der Waals surface area contributed by atoms with Gasteiger partial charge in [-0.1, -0.05) is 6.07 Å². The van der Waals surface area contributed by atoms with Gasteiger partial charge in [0.25, 0.3) is 5.91 Å². The lowest BCUT2D eigenvalue weighted by Crippen LogP contribution is -2.45. The summed E-state index contributed by atoms with van der Waals surface area (Å²) in [5.74, 6) is 0.100. The SMILES string of the molecule is O=C(Nc1cnccn1)Nc1sc(-c2cccnc2)cc1C(=O)N[C@H]1CCCNC1. The number of carbonyl (C=O) groups excluding carboxylic acids is 2. The molecule has 1 aliphatic rings. The molecule has 30 heavy (non-hydrogen) atoms. The molecular formula is C20H21N7O2S. The van der Waals surface area contributed by atoms with E-state index in [4.69, 9.17) is 0 Å². The van der Waals surface area contributed by atoms with Crippen LogP contribution in [0.15, 0.2) is 49.2 Å². The minimum absolute atomic E-state index is 0.0641. The number of rotatable bonds is 5. The Bertz CT molecular complexity index is 1000. The summed E-state index contributed by atoms with van der Waals surface area (Å²) < 4.78 is 0. The van der Waals surface area contributed by atoms with Gasteiger partial charge in [-0.15, -0.1) is 11.3 Å². The Balaban J connectivity index is 1.56. The van der Waals surface area contributed by atoms with Crippen LogP contribution >= 0.6 is 11.3 Å². The summed E-state index contributed by atoms with van der Waals surface area (Å²) in [5.41, 5.74) is 1.29. The predicted octanol–water partition coefficient (Wildman–Crippen LogP) is 2.73. The number of hydrogen-bond donors (Lipinski definition) is 4. The van der Waals surface area contributed by atoms with Crippen molar-refractivity contribution >= 4 is 34.1 Å². The highest BCUT2D eigenvalue weighted by Crippen LogP contribution is 2.35. The highest BCUT2D eigenvalue weighted by molar-refractivity contribution is 7.20. The number of piperidine rings is 1. The number of nitrogens with one attached hydrogen (secondary N) is 4. The lowest BCUT2D eigenvalue weighted by atomic mass is 10.1. The molecular weight excluding hydrogens is 402 g/mol. The fourth-order valence-corrected chi connectivity index (χ4v) is 4.20. The van der Waals surface area contributed by atoms with Crippen molar-refractivity contribution in [3.8, 4) is 10.4 Å². The summed E-state index contributed by atoms with van der Waals surface area (Å²) in [4.78, 5) is 38.3. The van der Waals surface area contributed by atoms with Gasteiger partial charge in [-0.2, -0.15) is 0 Å². The molecule has 9 nitrogen and oxygen atoms in total. The minimum atomic E-state index is -0.497. The Kier molecular flexibility index (Phi) is 6.26. The molecule has 4 N–H and O–H groups in total. The Hall–Kier alpha value is -3.37. The molecule has 1 saturated heterocycles. The topological polar surface area (TPSA) is 121 Å². The van der Waals surface area contributed by atoms with E-state index in [1.807, 2.05) is 12.1 Å². The lowest BCUT2D eigenvalue weighted by Gasteiger charge is -2.23. The van der Waals surface area contributed by atoms with E-state index in [1.165, 1.54) is 29.9 Å². The van der Waals surface area contributed by atoms with Crippen LogP contribution in [0.4, 0.5) is 15.6 Å². The number of pyridine rings is 1. The largest absolute Gasteiger partial charge is 0.348 e. The highest BCUT2D eigenvalue weighted by Gasteiger charge is 2.22. The molecule has 1 fully saturated rings. The van der Waals surface area contributed by atoms with E-state index >= 15 is 0 Å². The lowest BCUT2D eigenvalue weighted by molar-refractivity contribution is 0.0932. The normalized spacial score (nSPS) is 15.9. The number of nitrogens with zero attached hydrogens (tertiary/aromatic N) is 3. The van der Waals surface area contributed by atoms with Crippen LogP contribution in [0.1, 0.15) is 23.2 Å². The number of anilines is 2. The Morgan fingerprint density at radius 3 is 2.77 bits per heavy atom. The third-order valence-corrected chi connectivity index (χ3v) is 5.69. The van der Waals surface area contributed by atoms with Crippen LogP contribution in [-0.4, -0.2) is 46.0 Å². The van der Waals surface area contributed by atoms with Crippen LogP contribution in [0, 0.1) is 0 Å². The van der Waals surface area contributed by atoms with Gasteiger partial charge in [-0.25, -0.2) is 9.78 Å². The van der Waals surface area contributed by atoms with Crippen LogP contribution in [0.3, 0.4) is 0 Å². The predicted molar refractivity (Wildman–Crippen MR) is 116 cm³/mol. The van der Waals surface area contributed by atoms with Crippen molar-refractivity contribution in [1.29, 1.82) is 0 Å². The molecule has 0 unspecified atom stereocenters. The first kappa shape index (κ1) is 19.9. The number of carbonyl (C=O) groups is 2. The van der Waals surface area contributed by atoms with Gasteiger partial charge >= 0.3 is 6.03 Å². The second-order valence-corrected chi connectivity index (χ2v) is 7.83. The molecule has 0 radical (unpaired) electrons. The highest BCUT2D eigenvalue weighted by atomic mass is 32.1. The van der Waals surface area contributed by atoms with Crippen LogP contribution < -0.4 is 21.3 Å². The van der Waals surface area contributed by atoms with Crippen LogP contribution in [-0.2, 0) is 0 Å². The third kappa shape index (κ3) is 4.97. The van der Waals surface area contributed by atoms with E-state index < -0.39 is 6.03 Å². The quantitative estimate of drug-likeness (QED) is 0.501. The van der Waals surface area contributed by atoms with Gasteiger partial charge in [0, 0.05) is 47.8 Å². The van der Waals surface area contributed by atoms with Gasteiger partial charge in [-0.05, 0) is 31.5 Å². The molecule has 0 spiro atoms. The first-order valence-electron chi connectivity index (χ1n) is 9.59. The minimum Gasteiger partial charge on any atom is -0.348 e. The molecule has 4 rings (SSSR count). The molecule has 3 aromatic heterocycles. The molecule has 0 bridgehead atoms. The van der Waals surface area contributed by atoms with Crippen molar-refractivity contribution in [3.63, 3.8) is 0 Å². The number of aromatic nitrogens is 3. The maximum Gasteiger partial charge on any atom is 0.325 e. The fourth-order valence-electron chi connectivity index (χ4n) is 3.16. The molecule has 0 saturated carbocycles. The fraction of sp³-hybridized carbons (Fsp3) is 0.250. The van der Waals surface area contributed by atoms with Gasteiger partial charge in [0.15, 0.2) is 5.82 Å². The van der Waals surface area contributed by atoms with Crippen LogP contribution in [0.5, 0.6) is 0 Å². The summed E-state index contributed by atoms with van der Waals surface area (Å²) in [6.07, 6.45) is 9.80. The average Bonchev–Trinajstić information content (AvgIpc) is 3.19. The van der Waals surface area contributed by atoms with Gasteiger partial charge < -0.3 is 10.6 Å². The first-order valence-corrected chi connectivity index (χ1v) is 10.4. The maximum atomic E-state index is 13.0. The van der Waals surface area contributed by atoms with E-state index in [0.29, 0.717) is 16.4 Å². The molecule has 4 heterocycles. The zero-order valence-electron chi connectivity index (χ0n) is 16.1. The second kappa shape index (κ2) is 9.42. The molecule has 1 atom stereocenters. The van der Waals surface area contributed by atoms with E-state index in [-0.39, 0.29) is 11.9 Å². The van der Waals surface area contributed by atoms with Gasteiger partial charge in [0.1, 0.15) is 5.00 Å². The standard InChI is InChI=1S/C20H21N7O2S/c28-18(25-14-4-2-6-22-11-14)15-9-16(13-3-1-5-21-10-13)30-19(15)27-20(29)26-17-12-23-7-8-24-17/h1,3,5,7-10,12,14,22H,2,4,6,11H2,(H,25,28)(H2,24,26,27,29)/t14-/m0/s1. The van der Waals surface area contributed by atoms with Crippen molar-refractivity contribution in [2.24, 2.45) is 0 Å². The molecule has 0 aromatic carbocycles. The summed E-state index contributed by atoms with van der Waals surface area (Å²) in [7, 11) is 0. The summed E-state index contributed by atoms with van der Waals surface area (Å²) >= 11 is 1.32. The van der Waals surface area contributed by atoms with Crippen LogP contribution in [0.25, 0.3) is 10.4 Å². The van der Waals surface area contributed by atoms with E-state index in [9.17, 15) is 9.59 Å². The molecule has 3 aromatic rings. The number of hydrogen-bond acceptors (Lipinski definition) is 7. The van der Waals surface area contributed by atoms with Crippen molar-refractivity contribution in [2.75, 3.05) is 23.7 Å². The monoisotopic (exact) mass is 423 g/mol. The molecule has 10 heteroatoms. The van der Waals surface area contributed by atoms with Gasteiger partial charge in [0.05, 0.1) is 11.8 Å². The summed E-state index contributed by atoms with van der Waals surface area (Å²) in [6, 6.07) is 5.09. The molecule has 154 valence electrons. The Morgan fingerprint density at radius 2 is 2.03 bits per heavy atom. The number of thiophene rings is 1. The molecule has 1 aliphatic heterocycles. The summed E-state index contributed by atoms with van der Waals surface area (Å²) in [5, 5.41) is 12.2. The van der Waals surface area contributed by atoms with Crippen molar-refractivity contribution < 1.29 is 9.59 Å². The zero-order valence-corrected chi connectivity index (χ0v) is 16.9. The Labute approximate surface area is 177 Å². The van der Waals surface area contributed by atoms with E-state index in [2.05, 4.69) is 36.2 Å². The third-order valence-electron chi connectivity index (χ3n) is 4.59. The van der Waals surface area contributed by atoms with Gasteiger partial charge in [-0.3, -0.25) is 25.4 Å². The second-order valence-electron chi connectivity index (χ2n) is 6.78. The van der Waals surface area contributed by atoms with Crippen LogP contribution in [0.2, 0.25) is 0 Å². The van der Waals surface area contributed by atoms with Crippen molar-refractivity contribution in [2.45, 2.75) is 18.9 Å². The van der Waals surface area contributed by atoms with E-state index in [0.717, 1.165) is 36.4 Å². The van der Waals surface area contributed by atoms with Gasteiger partial charge in [0.2, 0.25) is 0 Å². The Morgan fingerprint density at radius 1 is 1.13 bits per heavy atom. The molecule has 3 amide bonds. The van der Waals surface area contributed by atoms with E-state index in [1.54, 1.807) is 18.5 Å². The number of urea groups is 1. The summed E-state index contributed by atoms with van der Waals surface area (Å²) in [6.45, 7) is 1.70. The average molecular weight is 424 g/mol. The molecule has 0 aliphatic carbocycles. The van der Waals surface area contributed by atoms with Crippen molar-refractivity contribution in [1.82, 2.24) is 25.6 Å². The zero-order chi connectivity index (χ0) is 20.8. The first-order chi connectivity index (χ1) is 14.7.